The lowest BCUT2D eigenvalue weighted by Crippen LogP contribution is -2.16. The minimum Gasteiger partial charge on any atom is -0.316 e. The Morgan fingerprint density at radius 1 is 0.593 bits per heavy atom. The summed E-state index contributed by atoms with van der Waals surface area (Å²) in [5, 5.41) is 3.08. The van der Waals surface area contributed by atoms with E-state index in [-0.39, 0.29) is 14.9 Å². The fourth-order valence-electron chi connectivity index (χ4n) is 2.65. The standard InChI is InChI=1S/C15H17N.C8H11N.2CH4/c1-16(12-14-8-4-2-5-9-14)13-15-10-6-3-7-11-15;1-9-7-8-5-3-2-4-6-8;;/h2-11H,12-13H2,1H3;2-6,9H,7H2,1H3;2*1H4. The fraction of sp³-hybridized carbons (Fsp3) is 0.280. The third kappa shape index (κ3) is 10.3. The van der Waals surface area contributed by atoms with Crippen molar-refractivity contribution in [3.8, 4) is 0 Å². The van der Waals surface area contributed by atoms with Crippen LogP contribution in [0.15, 0.2) is 91.0 Å². The van der Waals surface area contributed by atoms with Gasteiger partial charge >= 0.3 is 0 Å². The molecule has 0 aromatic heterocycles. The van der Waals surface area contributed by atoms with E-state index in [1.165, 1.54) is 16.7 Å². The summed E-state index contributed by atoms with van der Waals surface area (Å²) >= 11 is 0. The number of hydrogen-bond donors (Lipinski definition) is 1. The Morgan fingerprint density at radius 2 is 0.926 bits per heavy atom. The molecule has 0 aliphatic carbocycles. The Hall–Kier alpha value is -2.42. The van der Waals surface area contributed by atoms with Crippen molar-refractivity contribution in [3.63, 3.8) is 0 Å². The van der Waals surface area contributed by atoms with Gasteiger partial charge in [0, 0.05) is 19.6 Å². The van der Waals surface area contributed by atoms with Gasteiger partial charge < -0.3 is 5.32 Å². The monoisotopic (exact) mass is 364 g/mol. The van der Waals surface area contributed by atoms with Gasteiger partial charge in [-0.3, -0.25) is 4.90 Å². The molecule has 3 aromatic rings. The third-order valence-electron chi connectivity index (χ3n) is 3.81. The smallest absolute Gasteiger partial charge is 0.0234 e. The molecule has 0 amide bonds. The molecular formula is C25H36N2. The molecule has 1 N–H and O–H groups in total. The lowest BCUT2D eigenvalue weighted by Gasteiger charge is -2.16. The number of hydrogen-bond acceptors (Lipinski definition) is 2. The van der Waals surface area contributed by atoms with Crippen LogP contribution >= 0.6 is 0 Å². The summed E-state index contributed by atoms with van der Waals surface area (Å²) in [5.41, 5.74) is 4.06. The average molecular weight is 365 g/mol. The van der Waals surface area contributed by atoms with Gasteiger partial charge in [0.05, 0.1) is 0 Å². The summed E-state index contributed by atoms with van der Waals surface area (Å²) in [6, 6.07) is 31.5. The van der Waals surface area contributed by atoms with Crippen LogP contribution in [0.3, 0.4) is 0 Å². The molecule has 27 heavy (non-hydrogen) atoms. The molecule has 0 saturated heterocycles. The third-order valence-corrected chi connectivity index (χ3v) is 3.81. The predicted molar refractivity (Wildman–Crippen MR) is 121 cm³/mol. The topological polar surface area (TPSA) is 15.3 Å². The van der Waals surface area contributed by atoms with Crippen LogP contribution in [0.1, 0.15) is 31.5 Å². The number of benzene rings is 3. The first-order chi connectivity index (χ1) is 12.3. The summed E-state index contributed by atoms with van der Waals surface area (Å²) in [6.45, 7) is 2.95. The second-order valence-corrected chi connectivity index (χ2v) is 6.16. The maximum atomic E-state index is 3.08. The Kier molecular flexibility index (Phi) is 13.4. The Morgan fingerprint density at radius 3 is 1.26 bits per heavy atom. The first-order valence-electron chi connectivity index (χ1n) is 8.73. The van der Waals surface area contributed by atoms with Crippen LogP contribution in [0.2, 0.25) is 0 Å². The molecule has 0 aliphatic rings. The molecule has 0 spiro atoms. The lowest BCUT2D eigenvalue weighted by molar-refractivity contribution is 0.319. The molecule has 0 atom stereocenters. The van der Waals surface area contributed by atoms with E-state index in [2.05, 4.69) is 90.1 Å². The molecule has 0 saturated carbocycles. The Balaban J connectivity index is 0.000000532. The highest BCUT2D eigenvalue weighted by atomic mass is 15.1. The average Bonchev–Trinajstić information content (AvgIpc) is 2.65. The van der Waals surface area contributed by atoms with Crippen LogP contribution in [0.4, 0.5) is 0 Å². The molecule has 2 nitrogen and oxygen atoms in total. The largest absolute Gasteiger partial charge is 0.316 e. The van der Waals surface area contributed by atoms with E-state index in [4.69, 9.17) is 0 Å². The molecule has 0 aliphatic heterocycles. The number of nitrogens with one attached hydrogen (secondary N) is 1. The summed E-state index contributed by atoms with van der Waals surface area (Å²) in [5.74, 6) is 0. The van der Waals surface area contributed by atoms with Crippen LogP contribution < -0.4 is 5.32 Å². The molecule has 0 bridgehead atoms. The van der Waals surface area contributed by atoms with Crippen molar-refractivity contribution in [3.05, 3.63) is 108 Å². The van der Waals surface area contributed by atoms with Gasteiger partial charge in [0.25, 0.3) is 0 Å². The summed E-state index contributed by atoms with van der Waals surface area (Å²) in [6.07, 6.45) is 0. The highest BCUT2D eigenvalue weighted by Crippen LogP contribution is 2.07. The second-order valence-electron chi connectivity index (χ2n) is 6.16. The van der Waals surface area contributed by atoms with Crippen LogP contribution in [0, 0.1) is 0 Å². The molecule has 0 fully saturated rings. The normalized spacial score (nSPS) is 9.44. The SMILES string of the molecule is C.C.CN(Cc1ccccc1)Cc1ccccc1.CNCc1ccccc1. The Bertz CT molecular complexity index is 640. The predicted octanol–water partition coefficient (Wildman–Crippen LogP) is 6.00. The van der Waals surface area contributed by atoms with Crippen molar-refractivity contribution in [2.45, 2.75) is 34.5 Å². The van der Waals surface area contributed by atoms with Crippen LogP contribution in [-0.4, -0.2) is 19.0 Å². The molecule has 0 heterocycles. The van der Waals surface area contributed by atoms with Gasteiger partial charge in [0.2, 0.25) is 0 Å². The maximum Gasteiger partial charge on any atom is 0.0234 e. The van der Waals surface area contributed by atoms with Gasteiger partial charge in [0.1, 0.15) is 0 Å². The van der Waals surface area contributed by atoms with Gasteiger partial charge in [-0.2, -0.15) is 0 Å². The summed E-state index contributed by atoms with van der Waals surface area (Å²) in [4.78, 5) is 2.32. The Labute approximate surface area is 166 Å². The van der Waals surface area contributed by atoms with Crippen LogP contribution in [0.25, 0.3) is 0 Å². The van der Waals surface area contributed by atoms with Gasteiger partial charge in [-0.1, -0.05) is 106 Å². The van der Waals surface area contributed by atoms with Gasteiger partial charge in [-0.05, 0) is 30.8 Å². The highest BCUT2D eigenvalue weighted by molar-refractivity contribution is 5.17. The van der Waals surface area contributed by atoms with Gasteiger partial charge in [0.15, 0.2) is 0 Å². The summed E-state index contributed by atoms with van der Waals surface area (Å²) in [7, 11) is 4.10. The molecule has 0 radical (unpaired) electrons. The first kappa shape index (κ1) is 24.6. The molecule has 0 unspecified atom stereocenters. The van der Waals surface area contributed by atoms with Crippen LogP contribution in [0.5, 0.6) is 0 Å². The minimum absolute atomic E-state index is 0. The van der Waals surface area contributed by atoms with E-state index in [1.54, 1.807) is 0 Å². The van der Waals surface area contributed by atoms with Crippen molar-refractivity contribution in [1.82, 2.24) is 10.2 Å². The molecule has 3 aromatic carbocycles. The molecule has 146 valence electrons. The van der Waals surface area contributed by atoms with Crippen molar-refractivity contribution in [2.24, 2.45) is 0 Å². The highest BCUT2D eigenvalue weighted by Gasteiger charge is 2.00. The minimum atomic E-state index is 0. The zero-order valence-electron chi connectivity index (χ0n) is 15.2. The lowest BCUT2D eigenvalue weighted by atomic mass is 10.2. The maximum absolute atomic E-state index is 3.08. The van der Waals surface area contributed by atoms with E-state index < -0.39 is 0 Å². The second kappa shape index (κ2) is 14.7. The van der Waals surface area contributed by atoms with Crippen molar-refractivity contribution in [2.75, 3.05) is 14.1 Å². The van der Waals surface area contributed by atoms with E-state index >= 15 is 0 Å². The number of nitrogens with zero attached hydrogens (tertiary/aromatic N) is 1. The van der Waals surface area contributed by atoms with E-state index in [0.29, 0.717) is 0 Å². The van der Waals surface area contributed by atoms with Crippen molar-refractivity contribution < 1.29 is 0 Å². The molecule has 2 heteroatoms. The number of rotatable bonds is 6. The fourth-order valence-corrected chi connectivity index (χ4v) is 2.65. The first-order valence-corrected chi connectivity index (χ1v) is 8.73. The summed E-state index contributed by atoms with van der Waals surface area (Å²) < 4.78 is 0. The molecular weight excluding hydrogens is 328 g/mol. The quantitative estimate of drug-likeness (QED) is 0.577. The van der Waals surface area contributed by atoms with Gasteiger partial charge in [-0.25, -0.2) is 0 Å². The zero-order chi connectivity index (χ0) is 17.7. The van der Waals surface area contributed by atoms with Crippen LogP contribution in [-0.2, 0) is 19.6 Å². The van der Waals surface area contributed by atoms with Gasteiger partial charge in [-0.15, -0.1) is 0 Å². The van der Waals surface area contributed by atoms with E-state index in [1.807, 2.05) is 25.2 Å². The van der Waals surface area contributed by atoms with Crippen molar-refractivity contribution >= 4 is 0 Å². The zero-order valence-corrected chi connectivity index (χ0v) is 15.2. The van der Waals surface area contributed by atoms with Crippen molar-refractivity contribution in [1.29, 1.82) is 0 Å². The molecule has 3 rings (SSSR count). The van der Waals surface area contributed by atoms with E-state index in [9.17, 15) is 0 Å². The van der Waals surface area contributed by atoms with E-state index in [0.717, 1.165) is 19.6 Å².